The summed E-state index contributed by atoms with van der Waals surface area (Å²) in [4.78, 5) is 9.89. The molecule has 5 aromatic rings. The lowest BCUT2D eigenvalue weighted by Gasteiger charge is -2.18. The third-order valence-corrected chi connectivity index (χ3v) is 8.92. The fourth-order valence-electron chi connectivity index (χ4n) is 4.54. The van der Waals surface area contributed by atoms with E-state index in [2.05, 4.69) is 10.5 Å². The van der Waals surface area contributed by atoms with E-state index in [1.165, 1.54) is 42.6 Å². The van der Waals surface area contributed by atoms with Crippen LogP contribution in [0, 0.1) is 0 Å². The Balaban J connectivity index is 1.67. The number of ether oxygens (including phenoxy) is 1. The first-order valence-electron chi connectivity index (χ1n) is 11.5. The van der Waals surface area contributed by atoms with Crippen LogP contribution in [0.1, 0.15) is 5.56 Å². The number of hydrogen-bond acceptors (Lipinski definition) is 10. The number of carbonyl (C=O) groups is 1. The molecule has 0 aliphatic rings. The van der Waals surface area contributed by atoms with Crippen molar-refractivity contribution in [2.24, 2.45) is 5.10 Å². The summed E-state index contributed by atoms with van der Waals surface area (Å²) in [5, 5.41) is 12.2. The smallest absolute Gasteiger partial charge is 0.295 e. The van der Waals surface area contributed by atoms with Crippen molar-refractivity contribution in [1.29, 1.82) is 0 Å². The van der Waals surface area contributed by atoms with E-state index in [4.69, 9.17) is 4.74 Å². The minimum atomic E-state index is -5.06. The van der Waals surface area contributed by atoms with Gasteiger partial charge in [-0.15, -0.1) is 0 Å². The van der Waals surface area contributed by atoms with Gasteiger partial charge in [0, 0.05) is 38.4 Å². The molecule has 0 atom stereocenters. The van der Waals surface area contributed by atoms with Crippen molar-refractivity contribution >= 4 is 74.8 Å². The standard InChI is InChI=1S/C25H18N2O12S3/c28-14-3-1-13(2-4-14)11-26-27-23(29)12-39-19-9-20(40(30,31)32)16-7-8-18-22(42(36,37)38)10-21(41(33,34)35)17-6-5-15(19)24(16)25(17)18/h1-11,28H,12H2,(H,27,29)(H,30,31,32)(H,33,34,35)(H,36,37,38)/b26-11+. The van der Waals surface area contributed by atoms with Crippen LogP contribution >= 0.6 is 0 Å². The summed E-state index contributed by atoms with van der Waals surface area (Å²) < 4.78 is 108. The van der Waals surface area contributed by atoms with E-state index in [1.807, 2.05) is 0 Å². The minimum Gasteiger partial charge on any atom is -0.508 e. The summed E-state index contributed by atoms with van der Waals surface area (Å²) in [6.45, 7) is -0.714. The number of benzene rings is 5. The van der Waals surface area contributed by atoms with Gasteiger partial charge in [0.15, 0.2) is 6.61 Å². The number of hydrogen-bond donors (Lipinski definition) is 5. The molecule has 5 rings (SSSR count). The largest absolute Gasteiger partial charge is 0.508 e. The first kappa shape index (κ1) is 29.1. The zero-order valence-electron chi connectivity index (χ0n) is 20.8. The molecule has 14 nitrogen and oxygen atoms in total. The maximum atomic E-state index is 12.4. The van der Waals surface area contributed by atoms with E-state index in [0.717, 1.165) is 18.2 Å². The molecule has 0 aliphatic carbocycles. The Kier molecular flexibility index (Phi) is 7.04. The number of phenols is 1. The first-order chi connectivity index (χ1) is 19.6. The molecule has 0 aromatic heterocycles. The third kappa shape index (κ3) is 5.43. The van der Waals surface area contributed by atoms with Gasteiger partial charge in [0.1, 0.15) is 26.2 Å². The molecule has 0 radical (unpaired) electrons. The maximum Gasteiger partial charge on any atom is 0.295 e. The van der Waals surface area contributed by atoms with E-state index in [-0.39, 0.29) is 43.8 Å². The Labute approximate surface area is 237 Å². The van der Waals surface area contributed by atoms with E-state index >= 15 is 0 Å². The molecular formula is C25H18N2O12S3. The van der Waals surface area contributed by atoms with Gasteiger partial charge in [-0.05, 0) is 42.0 Å². The molecule has 0 bridgehead atoms. The number of nitrogens with one attached hydrogen (secondary N) is 1. The molecule has 5 aromatic carbocycles. The van der Waals surface area contributed by atoms with E-state index in [9.17, 15) is 48.8 Å². The SMILES string of the molecule is O=C(COc1cc(S(=O)(=O)O)c2ccc3c(S(=O)(=O)O)cc(S(=O)(=O)O)c4ccc1c2c43)N/N=C/c1ccc(O)cc1. The van der Waals surface area contributed by atoms with Gasteiger partial charge in [-0.3, -0.25) is 18.5 Å². The van der Waals surface area contributed by atoms with Crippen molar-refractivity contribution in [3.8, 4) is 11.5 Å². The zero-order chi connectivity index (χ0) is 30.6. The van der Waals surface area contributed by atoms with Crippen LogP contribution in [0.3, 0.4) is 0 Å². The highest BCUT2D eigenvalue weighted by atomic mass is 32.2. The van der Waals surface area contributed by atoms with Crippen molar-refractivity contribution < 1.29 is 53.5 Å². The van der Waals surface area contributed by atoms with Crippen molar-refractivity contribution in [2.75, 3.05) is 6.61 Å². The minimum absolute atomic E-state index is 0.0329. The van der Waals surface area contributed by atoms with Crippen LogP contribution in [0.4, 0.5) is 0 Å². The van der Waals surface area contributed by atoms with Gasteiger partial charge in [0.05, 0.1) is 6.21 Å². The maximum absolute atomic E-state index is 12.4. The number of rotatable bonds is 8. The fourth-order valence-corrected chi connectivity index (χ4v) is 6.75. The molecule has 42 heavy (non-hydrogen) atoms. The van der Waals surface area contributed by atoms with Crippen molar-refractivity contribution in [3.05, 3.63) is 66.2 Å². The molecule has 0 fully saturated rings. The summed E-state index contributed by atoms with van der Waals surface area (Å²) in [5.74, 6) is -1.02. The Morgan fingerprint density at radius 3 is 1.67 bits per heavy atom. The molecule has 0 saturated carbocycles. The molecule has 0 heterocycles. The molecule has 0 spiro atoms. The van der Waals surface area contributed by atoms with Crippen LogP contribution in [0.2, 0.25) is 0 Å². The molecule has 0 aliphatic heterocycles. The quantitative estimate of drug-likeness (QED) is 0.0717. The van der Waals surface area contributed by atoms with Crippen molar-refractivity contribution in [2.45, 2.75) is 14.7 Å². The van der Waals surface area contributed by atoms with Crippen LogP contribution in [0.25, 0.3) is 32.3 Å². The summed E-state index contributed by atoms with van der Waals surface area (Å²) in [5.41, 5.74) is 2.74. The second kappa shape index (κ2) is 10.2. The lowest BCUT2D eigenvalue weighted by Crippen LogP contribution is -2.24. The number of aromatic hydroxyl groups is 1. The van der Waals surface area contributed by atoms with Crippen LogP contribution in [0.5, 0.6) is 11.5 Å². The van der Waals surface area contributed by atoms with Gasteiger partial charge >= 0.3 is 0 Å². The number of hydrazone groups is 1. The van der Waals surface area contributed by atoms with E-state index < -0.39 is 57.6 Å². The monoisotopic (exact) mass is 634 g/mol. The Morgan fingerprint density at radius 2 is 1.17 bits per heavy atom. The molecule has 218 valence electrons. The predicted molar refractivity (Wildman–Crippen MR) is 149 cm³/mol. The van der Waals surface area contributed by atoms with Crippen LogP contribution in [-0.2, 0) is 35.1 Å². The Hall–Kier alpha value is -4.39. The van der Waals surface area contributed by atoms with E-state index in [0.29, 0.717) is 11.6 Å². The normalized spacial score (nSPS) is 12.9. The van der Waals surface area contributed by atoms with Gasteiger partial charge in [0.2, 0.25) is 0 Å². The summed E-state index contributed by atoms with van der Waals surface area (Å²) in [7, 11) is -15.1. The molecule has 5 N–H and O–H groups in total. The number of carbonyl (C=O) groups excluding carboxylic acids is 1. The molecular weight excluding hydrogens is 616 g/mol. The van der Waals surface area contributed by atoms with Crippen molar-refractivity contribution in [3.63, 3.8) is 0 Å². The van der Waals surface area contributed by atoms with Crippen LogP contribution in [-0.4, -0.2) is 62.7 Å². The van der Waals surface area contributed by atoms with Crippen LogP contribution < -0.4 is 10.2 Å². The highest BCUT2D eigenvalue weighted by Crippen LogP contribution is 2.45. The Bertz CT molecular complexity index is 2210. The highest BCUT2D eigenvalue weighted by Gasteiger charge is 2.28. The zero-order valence-corrected chi connectivity index (χ0v) is 23.2. The average molecular weight is 635 g/mol. The second-order valence-electron chi connectivity index (χ2n) is 8.92. The molecule has 17 heteroatoms. The van der Waals surface area contributed by atoms with Gasteiger partial charge < -0.3 is 9.84 Å². The first-order valence-corrected chi connectivity index (χ1v) is 15.8. The average Bonchev–Trinajstić information content (AvgIpc) is 2.89. The topological polar surface area (TPSA) is 234 Å². The molecule has 0 unspecified atom stereocenters. The summed E-state index contributed by atoms with van der Waals surface area (Å²) in [6.07, 6.45) is 1.28. The van der Waals surface area contributed by atoms with E-state index in [1.54, 1.807) is 0 Å². The van der Waals surface area contributed by atoms with Gasteiger partial charge in [-0.25, -0.2) is 5.43 Å². The van der Waals surface area contributed by atoms with Gasteiger partial charge in [-0.2, -0.15) is 30.4 Å². The lowest BCUT2D eigenvalue weighted by molar-refractivity contribution is -0.123. The summed E-state index contributed by atoms with van der Waals surface area (Å²) >= 11 is 0. The van der Waals surface area contributed by atoms with Gasteiger partial charge in [0.25, 0.3) is 36.3 Å². The third-order valence-electron chi connectivity index (χ3n) is 6.24. The molecule has 1 amide bonds. The van der Waals surface area contributed by atoms with Crippen molar-refractivity contribution in [1.82, 2.24) is 5.43 Å². The summed E-state index contributed by atoms with van der Waals surface area (Å²) in [6, 6.07) is 12.1. The number of nitrogens with zero attached hydrogens (tertiary/aromatic N) is 1. The predicted octanol–water partition coefficient (Wildman–Crippen LogP) is 2.56. The lowest BCUT2D eigenvalue weighted by atomic mass is 9.93. The second-order valence-corrected chi connectivity index (χ2v) is 13.1. The number of phenolic OH excluding ortho intramolecular Hbond substituents is 1. The van der Waals surface area contributed by atoms with Gasteiger partial charge in [-0.1, -0.05) is 18.2 Å². The number of amides is 1. The van der Waals surface area contributed by atoms with Crippen LogP contribution in [0.15, 0.2) is 80.5 Å². The fraction of sp³-hybridized carbons (Fsp3) is 0.0400. The Morgan fingerprint density at radius 1 is 0.714 bits per heavy atom. The molecule has 0 saturated heterocycles. The highest BCUT2D eigenvalue weighted by molar-refractivity contribution is 7.87.